The van der Waals surface area contributed by atoms with Gasteiger partial charge < -0.3 is 10.0 Å². The summed E-state index contributed by atoms with van der Waals surface area (Å²) in [5.74, 6) is -0.970. The number of aliphatic hydroxyl groups is 1. The van der Waals surface area contributed by atoms with Gasteiger partial charge in [0, 0.05) is 16.8 Å². The van der Waals surface area contributed by atoms with E-state index in [1.165, 1.54) is 11.3 Å². The van der Waals surface area contributed by atoms with Crippen LogP contribution in [0.25, 0.3) is 0 Å². The van der Waals surface area contributed by atoms with Crippen LogP contribution in [0.4, 0.5) is 0 Å². The molecule has 0 radical (unpaired) electrons. The lowest BCUT2D eigenvalue weighted by Gasteiger charge is -2.28. The highest BCUT2D eigenvalue weighted by molar-refractivity contribution is 7.10. The van der Waals surface area contributed by atoms with Crippen molar-refractivity contribution >= 4 is 23.0 Å². The molecule has 23 heavy (non-hydrogen) atoms. The lowest BCUT2D eigenvalue weighted by Crippen LogP contribution is -2.33. The minimum Gasteiger partial charge on any atom is -0.503 e. The third kappa shape index (κ3) is 3.20. The lowest BCUT2D eigenvalue weighted by molar-refractivity contribution is -0.129. The summed E-state index contributed by atoms with van der Waals surface area (Å²) in [5.41, 5.74) is 0.653. The molecule has 0 aromatic carbocycles. The van der Waals surface area contributed by atoms with E-state index in [0.717, 1.165) is 23.3 Å². The summed E-state index contributed by atoms with van der Waals surface area (Å²) in [7, 11) is 0. The van der Waals surface area contributed by atoms with E-state index in [9.17, 15) is 14.7 Å². The number of thiophene rings is 1. The number of carbonyl (C=O) groups excluding carboxylic acids is 2. The Bertz CT molecular complexity index is 651. The van der Waals surface area contributed by atoms with Gasteiger partial charge in [-0.3, -0.25) is 9.59 Å². The topological polar surface area (TPSA) is 57.6 Å². The molecule has 2 heterocycles. The van der Waals surface area contributed by atoms with E-state index in [4.69, 9.17) is 0 Å². The molecule has 2 rings (SSSR count). The van der Waals surface area contributed by atoms with E-state index in [1.54, 1.807) is 4.90 Å². The van der Waals surface area contributed by atoms with Gasteiger partial charge in [0.25, 0.3) is 5.91 Å². The maximum Gasteiger partial charge on any atom is 0.290 e. The summed E-state index contributed by atoms with van der Waals surface area (Å²) in [4.78, 5) is 28.0. The quantitative estimate of drug-likeness (QED) is 0.878. The number of hydrogen-bond acceptors (Lipinski definition) is 4. The fraction of sp³-hybridized carbons (Fsp3) is 0.556. The zero-order valence-corrected chi connectivity index (χ0v) is 15.3. The number of ketones is 1. The van der Waals surface area contributed by atoms with Crippen molar-refractivity contribution in [1.82, 2.24) is 4.90 Å². The molecule has 1 aromatic heterocycles. The molecule has 4 nitrogen and oxygen atoms in total. The third-order valence-electron chi connectivity index (χ3n) is 4.13. The standard InChI is InChI=1S/C18H25NO3S/c1-6-7-9-19-13(15-11(2)8-10-23-15)12(14(20)17(19)22)16(21)18(3,4)5/h8,10,13,20H,6-7,9H2,1-5H3. The smallest absolute Gasteiger partial charge is 0.290 e. The highest BCUT2D eigenvalue weighted by atomic mass is 32.1. The Labute approximate surface area is 141 Å². The van der Waals surface area contributed by atoms with Crippen molar-refractivity contribution in [2.24, 2.45) is 5.41 Å². The van der Waals surface area contributed by atoms with Crippen molar-refractivity contribution < 1.29 is 14.7 Å². The Morgan fingerprint density at radius 2 is 2.04 bits per heavy atom. The number of Topliss-reactive ketones (excluding diaryl/α,β-unsaturated/α-hetero) is 1. The highest BCUT2D eigenvalue weighted by Gasteiger charge is 2.46. The van der Waals surface area contributed by atoms with Gasteiger partial charge in [-0.05, 0) is 30.4 Å². The molecule has 0 aliphatic carbocycles. The summed E-state index contributed by atoms with van der Waals surface area (Å²) in [6, 6.07) is 1.53. The van der Waals surface area contributed by atoms with Gasteiger partial charge in [-0.25, -0.2) is 0 Å². The van der Waals surface area contributed by atoms with E-state index >= 15 is 0 Å². The SMILES string of the molecule is CCCCN1C(=O)C(O)=C(C(=O)C(C)(C)C)C1c1sccc1C. The Kier molecular flexibility index (Phi) is 4.99. The first kappa shape index (κ1) is 17.7. The van der Waals surface area contributed by atoms with E-state index in [0.29, 0.717) is 6.54 Å². The summed E-state index contributed by atoms with van der Waals surface area (Å²) in [6.45, 7) is 10.0. The number of rotatable bonds is 5. The molecular weight excluding hydrogens is 310 g/mol. The number of hydrogen-bond donors (Lipinski definition) is 1. The van der Waals surface area contributed by atoms with Crippen molar-refractivity contribution in [3.8, 4) is 0 Å². The van der Waals surface area contributed by atoms with Gasteiger partial charge in [0.15, 0.2) is 11.5 Å². The van der Waals surface area contributed by atoms with Crippen LogP contribution in [0, 0.1) is 12.3 Å². The summed E-state index contributed by atoms with van der Waals surface area (Å²) in [5, 5.41) is 12.4. The number of aliphatic hydroxyl groups excluding tert-OH is 1. The number of carbonyl (C=O) groups is 2. The van der Waals surface area contributed by atoms with Gasteiger partial charge >= 0.3 is 0 Å². The van der Waals surface area contributed by atoms with Crippen molar-refractivity contribution in [3.05, 3.63) is 33.2 Å². The van der Waals surface area contributed by atoms with Gasteiger partial charge in [0.2, 0.25) is 0 Å². The summed E-state index contributed by atoms with van der Waals surface area (Å²) < 4.78 is 0. The van der Waals surface area contributed by atoms with Crippen LogP contribution in [0.1, 0.15) is 57.0 Å². The Morgan fingerprint density at radius 1 is 1.39 bits per heavy atom. The molecule has 1 atom stereocenters. The fourth-order valence-corrected chi connectivity index (χ4v) is 3.83. The van der Waals surface area contributed by atoms with E-state index in [1.807, 2.05) is 39.1 Å². The second-order valence-electron chi connectivity index (χ2n) is 7.06. The van der Waals surface area contributed by atoms with Gasteiger partial charge in [0.1, 0.15) is 0 Å². The van der Waals surface area contributed by atoms with Crippen LogP contribution in [0.3, 0.4) is 0 Å². The Morgan fingerprint density at radius 3 is 2.52 bits per heavy atom. The Balaban J connectivity index is 2.54. The summed E-state index contributed by atoms with van der Waals surface area (Å²) in [6.07, 6.45) is 1.79. The molecule has 1 N–H and O–H groups in total. The maximum atomic E-state index is 12.9. The van der Waals surface area contributed by atoms with Crippen molar-refractivity contribution in [1.29, 1.82) is 0 Å². The first-order chi connectivity index (χ1) is 10.7. The monoisotopic (exact) mass is 335 g/mol. The van der Waals surface area contributed by atoms with E-state index in [2.05, 4.69) is 6.92 Å². The number of nitrogens with zero attached hydrogens (tertiary/aromatic N) is 1. The zero-order valence-electron chi connectivity index (χ0n) is 14.5. The molecule has 1 aliphatic heterocycles. The van der Waals surface area contributed by atoms with Gasteiger partial charge in [0.05, 0.1) is 11.6 Å². The highest BCUT2D eigenvalue weighted by Crippen LogP contribution is 2.43. The molecule has 1 aliphatic rings. The normalized spacial score (nSPS) is 18.9. The predicted molar refractivity (Wildman–Crippen MR) is 92.5 cm³/mol. The zero-order chi connectivity index (χ0) is 17.4. The average Bonchev–Trinajstić information content (AvgIpc) is 2.98. The lowest BCUT2D eigenvalue weighted by atomic mass is 9.83. The minimum absolute atomic E-state index is 0.167. The van der Waals surface area contributed by atoms with Crippen LogP contribution in [0.15, 0.2) is 22.8 Å². The third-order valence-corrected chi connectivity index (χ3v) is 5.20. The molecule has 0 fully saturated rings. The molecule has 0 bridgehead atoms. The maximum absolute atomic E-state index is 12.9. The van der Waals surface area contributed by atoms with Crippen LogP contribution in [-0.2, 0) is 9.59 Å². The fourth-order valence-electron chi connectivity index (χ4n) is 2.79. The van der Waals surface area contributed by atoms with Crippen LogP contribution in [0.2, 0.25) is 0 Å². The molecule has 0 spiro atoms. The van der Waals surface area contributed by atoms with Crippen molar-refractivity contribution in [3.63, 3.8) is 0 Å². The second-order valence-corrected chi connectivity index (χ2v) is 8.01. The summed E-state index contributed by atoms with van der Waals surface area (Å²) >= 11 is 1.53. The number of amides is 1. The molecule has 0 saturated heterocycles. The molecular formula is C18H25NO3S. The second kappa shape index (κ2) is 6.48. The predicted octanol–water partition coefficient (Wildman–Crippen LogP) is 4.17. The first-order valence-electron chi connectivity index (χ1n) is 8.03. The molecule has 126 valence electrons. The van der Waals surface area contributed by atoms with E-state index in [-0.39, 0.29) is 17.1 Å². The van der Waals surface area contributed by atoms with Gasteiger partial charge in [-0.15, -0.1) is 11.3 Å². The molecule has 1 amide bonds. The molecule has 1 aromatic rings. The molecule has 1 unspecified atom stereocenters. The first-order valence-corrected chi connectivity index (χ1v) is 8.91. The van der Waals surface area contributed by atoms with E-state index < -0.39 is 17.4 Å². The molecule has 5 heteroatoms. The van der Waals surface area contributed by atoms with Crippen molar-refractivity contribution in [2.75, 3.05) is 6.54 Å². The van der Waals surface area contributed by atoms with Gasteiger partial charge in [-0.1, -0.05) is 34.1 Å². The van der Waals surface area contributed by atoms with Crippen LogP contribution in [0.5, 0.6) is 0 Å². The van der Waals surface area contributed by atoms with Crippen molar-refractivity contribution in [2.45, 2.75) is 53.5 Å². The number of unbranched alkanes of at least 4 members (excludes halogenated alkanes) is 1. The minimum atomic E-state index is -0.645. The number of aryl methyl sites for hydroxylation is 1. The van der Waals surface area contributed by atoms with Crippen LogP contribution in [-0.4, -0.2) is 28.2 Å². The van der Waals surface area contributed by atoms with Gasteiger partial charge in [-0.2, -0.15) is 0 Å². The van der Waals surface area contributed by atoms with Crippen LogP contribution < -0.4 is 0 Å². The largest absolute Gasteiger partial charge is 0.503 e. The Hall–Kier alpha value is -1.62. The average molecular weight is 335 g/mol. The van der Waals surface area contributed by atoms with Crippen LogP contribution >= 0.6 is 11.3 Å². The molecule has 0 saturated carbocycles.